The molecule has 4 rings (SSSR count). The van der Waals surface area contributed by atoms with Crippen LogP contribution >= 0.6 is 11.3 Å². The number of aryl methyl sites for hydroxylation is 1. The highest BCUT2D eigenvalue weighted by Crippen LogP contribution is 2.30. The van der Waals surface area contributed by atoms with Crippen molar-refractivity contribution in [2.24, 2.45) is 0 Å². The number of hydrogen-bond donors (Lipinski definition) is 0. The summed E-state index contributed by atoms with van der Waals surface area (Å²) < 4.78 is 3.28. The maximum Gasteiger partial charge on any atom is 0.263 e. The van der Waals surface area contributed by atoms with Gasteiger partial charge in [-0.15, -0.1) is 21.5 Å². The van der Waals surface area contributed by atoms with E-state index in [2.05, 4.69) is 33.8 Å². The van der Waals surface area contributed by atoms with E-state index in [0.717, 1.165) is 48.6 Å². The summed E-state index contributed by atoms with van der Waals surface area (Å²) in [6.45, 7) is 4.57. The van der Waals surface area contributed by atoms with E-state index in [9.17, 15) is 4.79 Å². The number of benzene rings is 1. The smallest absolute Gasteiger partial charge is 0.263 e. The van der Waals surface area contributed by atoms with Crippen molar-refractivity contribution < 1.29 is 4.79 Å². The molecule has 3 aromatic rings. The molecule has 0 spiro atoms. The molecule has 6 heteroatoms. The first kappa shape index (κ1) is 15.3. The molecule has 1 fully saturated rings. The van der Waals surface area contributed by atoms with Crippen LogP contribution in [-0.4, -0.2) is 38.7 Å². The van der Waals surface area contributed by atoms with Gasteiger partial charge in [0.05, 0.1) is 4.88 Å². The zero-order valence-corrected chi connectivity index (χ0v) is 14.5. The van der Waals surface area contributed by atoms with E-state index in [1.54, 1.807) is 17.7 Å². The lowest BCUT2D eigenvalue weighted by molar-refractivity contribution is 0.0715. The van der Waals surface area contributed by atoms with E-state index in [1.807, 2.05) is 23.1 Å². The van der Waals surface area contributed by atoms with Gasteiger partial charge < -0.3 is 9.47 Å². The van der Waals surface area contributed by atoms with Gasteiger partial charge in [-0.05, 0) is 37.3 Å². The lowest BCUT2D eigenvalue weighted by Gasteiger charge is -2.31. The van der Waals surface area contributed by atoms with Gasteiger partial charge in [-0.25, -0.2) is 0 Å². The fraction of sp³-hybridized carbons (Fsp3) is 0.389. The quantitative estimate of drug-likeness (QED) is 0.733. The standard InChI is InChI=1S/C18H20N4OS/c1-2-21-12-19-20-17(21)13-7-9-22(10-8-13)18(23)16-11-14-5-3-4-6-15(14)24-16/h3-6,11-13H,2,7-10H2,1H3. The number of thiophene rings is 1. The summed E-state index contributed by atoms with van der Waals surface area (Å²) in [4.78, 5) is 15.6. The summed E-state index contributed by atoms with van der Waals surface area (Å²) in [7, 11) is 0. The Morgan fingerprint density at radius 2 is 2.08 bits per heavy atom. The molecule has 1 aliphatic heterocycles. The van der Waals surface area contributed by atoms with E-state index in [0.29, 0.717) is 5.92 Å². The van der Waals surface area contributed by atoms with Crippen LogP contribution in [0, 0.1) is 0 Å². The van der Waals surface area contributed by atoms with Crippen molar-refractivity contribution >= 4 is 27.3 Å². The normalized spacial score (nSPS) is 16.0. The Labute approximate surface area is 144 Å². The highest BCUT2D eigenvalue weighted by molar-refractivity contribution is 7.20. The highest BCUT2D eigenvalue weighted by atomic mass is 32.1. The summed E-state index contributed by atoms with van der Waals surface area (Å²) in [5.41, 5.74) is 0. The Morgan fingerprint density at radius 3 is 2.83 bits per heavy atom. The van der Waals surface area contributed by atoms with Crippen molar-refractivity contribution in [1.29, 1.82) is 0 Å². The largest absolute Gasteiger partial charge is 0.338 e. The second-order valence-electron chi connectivity index (χ2n) is 6.19. The van der Waals surface area contributed by atoms with E-state index in [-0.39, 0.29) is 5.91 Å². The summed E-state index contributed by atoms with van der Waals surface area (Å²) in [5, 5.41) is 9.46. The minimum absolute atomic E-state index is 0.159. The molecule has 1 aromatic carbocycles. The van der Waals surface area contributed by atoms with Gasteiger partial charge in [0.15, 0.2) is 0 Å². The summed E-state index contributed by atoms with van der Waals surface area (Å²) >= 11 is 1.59. The number of nitrogens with zero attached hydrogens (tertiary/aromatic N) is 4. The van der Waals surface area contributed by atoms with Crippen LogP contribution in [0.5, 0.6) is 0 Å². The summed E-state index contributed by atoms with van der Waals surface area (Å²) in [6.07, 6.45) is 3.70. The molecule has 0 N–H and O–H groups in total. The van der Waals surface area contributed by atoms with Crippen molar-refractivity contribution in [1.82, 2.24) is 19.7 Å². The third-order valence-electron chi connectivity index (χ3n) is 4.77. The molecule has 0 saturated carbocycles. The molecular weight excluding hydrogens is 320 g/mol. The monoisotopic (exact) mass is 340 g/mol. The molecule has 0 atom stereocenters. The number of likely N-dealkylation sites (tertiary alicyclic amines) is 1. The average molecular weight is 340 g/mol. The van der Waals surface area contributed by atoms with Crippen molar-refractivity contribution in [3.05, 3.63) is 47.4 Å². The fourth-order valence-corrected chi connectivity index (χ4v) is 4.44. The molecule has 0 aliphatic carbocycles. The van der Waals surface area contributed by atoms with Gasteiger partial charge in [0.1, 0.15) is 12.2 Å². The van der Waals surface area contributed by atoms with Crippen molar-refractivity contribution in [3.63, 3.8) is 0 Å². The van der Waals surface area contributed by atoms with Crippen LogP contribution in [0.2, 0.25) is 0 Å². The molecule has 24 heavy (non-hydrogen) atoms. The predicted octanol–water partition coefficient (Wildman–Crippen LogP) is 3.53. The topological polar surface area (TPSA) is 51.0 Å². The highest BCUT2D eigenvalue weighted by Gasteiger charge is 2.27. The first-order chi connectivity index (χ1) is 11.8. The Hall–Kier alpha value is -2.21. The molecular formula is C18H20N4OS. The summed E-state index contributed by atoms with van der Waals surface area (Å²) in [6, 6.07) is 10.2. The Kier molecular flexibility index (Phi) is 4.06. The number of amides is 1. The van der Waals surface area contributed by atoms with Gasteiger partial charge in [0, 0.05) is 30.3 Å². The van der Waals surface area contributed by atoms with Crippen LogP contribution in [0.4, 0.5) is 0 Å². The zero-order chi connectivity index (χ0) is 16.5. The number of rotatable bonds is 3. The predicted molar refractivity (Wildman–Crippen MR) is 95.4 cm³/mol. The van der Waals surface area contributed by atoms with E-state index < -0.39 is 0 Å². The molecule has 2 aromatic heterocycles. The summed E-state index contributed by atoms with van der Waals surface area (Å²) in [5.74, 6) is 1.62. The van der Waals surface area contributed by atoms with Gasteiger partial charge >= 0.3 is 0 Å². The zero-order valence-electron chi connectivity index (χ0n) is 13.7. The lowest BCUT2D eigenvalue weighted by Crippen LogP contribution is -2.38. The van der Waals surface area contributed by atoms with Crippen LogP contribution in [0.15, 0.2) is 36.7 Å². The first-order valence-electron chi connectivity index (χ1n) is 8.42. The van der Waals surface area contributed by atoms with Gasteiger partial charge in [-0.3, -0.25) is 4.79 Å². The van der Waals surface area contributed by atoms with Crippen LogP contribution < -0.4 is 0 Å². The number of carbonyl (C=O) groups is 1. The maximum atomic E-state index is 12.8. The Bertz CT molecular complexity index is 828. The van der Waals surface area contributed by atoms with Crippen LogP contribution in [0.1, 0.15) is 41.2 Å². The SMILES string of the molecule is CCn1cnnc1C1CCN(C(=O)c2cc3ccccc3s2)CC1. The maximum absolute atomic E-state index is 12.8. The van der Waals surface area contributed by atoms with Crippen molar-refractivity contribution in [3.8, 4) is 0 Å². The minimum Gasteiger partial charge on any atom is -0.338 e. The molecule has 124 valence electrons. The Morgan fingerprint density at radius 1 is 1.29 bits per heavy atom. The van der Waals surface area contributed by atoms with Crippen LogP contribution in [0.25, 0.3) is 10.1 Å². The number of aromatic nitrogens is 3. The third-order valence-corrected chi connectivity index (χ3v) is 5.87. The third kappa shape index (κ3) is 2.71. The number of piperidine rings is 1. The van der Waals surface area contributed by atoms with E-state index in [1.165, 1.54) is 4.70 Å². The second-order valence-corrected chi connectivity index (χ2v) is 7.27. The van der Waals surface area contributed by atoms with Gasteiger partial charge in [-0.2, -0.15) is 0 Å². The molecule has 0 unspecified atom stereocenters. The number of carbonyl (C=O) groups excluding carboxylic acids is 1. The van der Waals surface area contributed by atoms with Gasteiger partial charge in [-0.1, -0.05) is 18.2 Å². The first-order valence-corrected chi connectivity index (χ1v) is 9.23. The molecule has 0 bridgehead atoms. The Balaban J connectivity index is 1.46. The molecule has 0 radical (unpaired) electrons. The van der Waals surface area contributed by atoms with Crippen LogP contribution in [0.3, 0.4) is 0 Å². The average Bonchev–Trinajstić information content (AvgIpc) is 3.27. The van der Waals surface area contributed by atoms with Crippen molar-refractivity contribution in [2.75, 3.05) is 13.1 Å². The van der Waals surface area contributed by atoms with E-state index in [4.69, 9.17) is 0 Å². The number of fused-ring (bicyclic) bond motifs is 1. The molecule has 5 nitrogen and oxygen atoms in total. The van der Waals surface area contributed by atoms with Crippen LogP contribution in [-0.2, 0) is 6.54 Å². The minimum atomic E-state index is 0.159. The molecule has 1 saturated heterocycles. The van der Waals surface area contributed by atoms with Gasteiger partial charge in [0.25, 0.3) is 5.91 Å². The molecule has 3 heterocycles. The lowest BCUT2D eigenvalue weighted by atomic mass is 9.95. The van der Waals surface area contributed by atoms with E-state index >= 15 is 0 Å². The van der Waals surface area contributed by atoms with Gasteiger partial charge in [0.2, 0.25) is 0 Å². The van der Waals surface area contributed by atoms with Crippen molar-refractivity contribution in [2.45, 2.75) is 32.2 Å². The molecule has 1 amide bonds. The molecule has 1 aliphatic rings. The fourth-order valence-electron chi connectivity index (χ4n) is 3.41. The second kappa shape index (κ2) is 6.36. The number of hydrogen-bond acceptors (Lipinski definition) is 4.